The van der Waals surface area contributed by atoms with Crippen molar-refractivity contribution in [1.29, 1.82) is 0 Å². The van der Waals surface area contributed by atoms with Crippen LogP contribution in [0.15, 0.2) is 0 Å². The van der Waals surface area contributed by atoms with Crippen LogP contribution in [-0.4, -0.2) is 71.0 Å². The normalized spacial score (nSPS) is 27.5. The third-order valence-corrected chi connectivity index (χ3v) is 4.74. The molecule has 1 aliphatic carbocycles. The van der Waals surface area contributed by atoms with Crippen molar-refractivity contribution in [3.63, 3.8) is 0 Å². The van der Waals surface area contributed by atoms with Gasteiger partial charge in [-0.25, -0.2) is 0 Å². The van der Waals surface area contributed by atoms with Crippen molar-refractivity contribution in [2.45, 2.75) is 56.7 Å². The van der Waals surface area contributed by atoms with Crippen LogP contribution in [-0.2, 0) is 14.3 Å². The lowest BCUT2D eigenvalue weighted by atomic mass is 9.97. The molecule has 2 amide bonds. The van der Waals surface area contributed by atoms with Gasteiger partial charge in [-0.2, -0.15) is 0 Å². The molecule has 1 saturated heterocycles. The number of hydrogen-bond acceptors (Lipinski definition) is 5. The highest BCUT2D eigenvalue weighted by Gasteiger charge is 2.36. The molecule has 0 aromatic rings. The lowest BCUT2D eigenvalue weighted by molar-refractivity contribution is -0.136. The second-order valence-electron chi connectivity index (χ2n) is 6.93. The standard InChI is InChI=1S/C16H28N2O5/c1-13(19)18-8-9-23-12-16(22,11-18)10-14(20)17-7-6-15(21)4-2-3-5-15/h21-22H,2-12H2,1H3,(H,17,20)/t16-/m0/s1. The van der Waals surface area contributed by atoms with E-state index in [9.17, 15) is 19.8 Å². The van der Waals surface area contributed by atoms with Crippen LogP contribution in [0.3, 0.4) is 0 Å². The largest absolute Gasteiger partial charge is 0.390 e. The number of rotatable bonds is 5. The quantitative estimate of drug-likeness (QED) is 0.649. The number of aliphatic hydroxyl groups is 2. The van der Waals surface area contributed by atoms with E-state index in [0.717, 1.165) is 25.7 Å². The number of ether oxygens (including phenoxy) is 1. The maximum atomic E-state index is 12.1. The van der Waals surface area contributed by atoms with Crippen LogP contribution < -0.4 is 5.32 Å². The Morgan fingerprint density at radius 3 is 2.57 bits per heavy atom. The summed E-state index contributed by atoms with van der Waals surface area (Å²) in [5.41, 5.74) is -2.02. The van der Waals surface area contributed by atoms with Gasteiger partial charge in [-0.05, 0) is 19.3 Å². The fraction of sp³-hybridized carbons (Fsp3) is 0.875. The molecular formula is C16H28N2O5. The molecular weight excluding hydrogens is 300 g/mol. The zero-order valence-electron chi connectivity index (χ0n) is 13.8. The number of β-amino-alcohol motifs (C(OH)–C–C–N with tert-alkyl or cyclic N) is 1. The number of nitrogens with zero attached hydrogens (tertiary/aromatic N) is 1. The fourth-order valence-corrected chi connectivity index (χ4v) is 3.37. The Kier molecular flexibility index (Phi) is 6.00. The maximum Gasteiger partial charge on any atom is 0.223 e. The first kappa shape index (κ1) is 18.2. The van der Waals surface area contributed by atoms with Gasteiger partial charge < -0.3 is 25.2 Å². The van der Waals surface area contributed by atoms with Crippen molar-refractivity contribution >= 4 is 11.8 Å². The Labute approximate surface area is 137 Å². The van der Waals surface area contributed by atoms with Crippen molar-refractivity contribution in [2.24, 2.45) is 0 Å². The van der Waals surface area contributed by atoms with Gasteiger partial charge in [0.25, 0.3) is 0 Å². The Hall–Kier alpha value is -1.18. The summed E-state index contributed by atoms with van der Waals surface area (Å²) < 4.78 is 5.33. The predicted octanol–water partition coefficient (Wildman–Crippen LogP) is -0.202. The monoisotopic (exact) mass is 328 g/mol. The van der Waals surface area contributed by atoms with E-state index in [1.165, 1.54) is 11.8 Å². The molecule has 7 heteroatoms. The van der Waals surface area contributed by atoms with Crippen molar-refractivity contribution in [3.05, 3.63) is 0 Å². The second-order valence-corrected chi connectivity index (χ2v) is 6.93. The highest BCUT2D eigenvalue weighted by atomic mass is 16.5. The van der Waals surface area contributed by atoms with Gasteiger partial charge in [0.1, 0.15) is 5.60 Å². The first-order valence-corrected chi connectivity index (χ1v) is 8.37. The summed E-state index contributed by atoms with van der Waals surface area (Å²) in [7, 11) is 0. The predicted molar refractivity (Wildman–Crippen MR) is 83.7 cm³/mol. The summed E-state index contributed by atoms with van der Waals surface area (Å²) in [6.45, 7) is 2.74. The molecule has 1 saturated carbocycles. The Balaban J connectivity index is 1.79. The van der Waals surface area contributed by atoms with Crippen LogP contribution in [0, 0.1) is 0 Å². The highest BCUT2D eigenvalue weighted by molar-refractivity contribution is 5.77. The van der Waals surface area contributed by atoms with Gasteiger partial charge in [0.05, 0.1) is 31.8 Å². The van der Waals surface area contributed by atoms with E-state index in [1.807, 2.05) is 0 Å². The zero-order valence-corrected chi connectivity index (χ0v) is 13.8. The second kappa shape index (κ2) is 7.59. The van der Waals surface area contributed by atoms with Crippen LogP contribution >= 0.6 is 0 Å². The first-order valence-electron chi connectivity index (χ1n) is 8.37. The van der Waals surface area contributed by atoms with E-state index in [-0.39, 0.29) is 31.4 Å². The van der Waals surface area contributed by atoms with Crippen molar-refractivity contribution in [3.8, 4) is 0 Å². The van der Waals surface area contributed by atoms with Gasteiger partial charge in [-0.15, -0.1) is 0 Å². The van der Waals surface area contributed by atoms with E-state index < -0.39 is 11.2 Å². The van der Waals surface area contributed by atoms with Crippen LogP contribution in [0.1, 0.15) is 45.4 Å². The number of carbonyl (C=O) groups is 2. The summed E-state index contributed by atoms with van der Waals surface area (Å²) in [5.74, 6) is -0.430. The summed E-state index contributed by atoms with van der Waals surface area (Å²) in [6.07, 6.45) is 4.05. The molecule has 2 fully saturated rings. The van der Waals surface area contributed by atoms with Crippen molar-refractivity contribution < 1.29 is 24.5 Å². The van der Waals surface area contributed by atoms with E-state index in [0.29, 0.717) is 26.1 Å². The molecule has 1 atom stereocenters. The zero-order chi connectivity index (χ0) is 16.9. The molecule has 23 heavy (non-hydrogen) atoms. The lowest BCUT2D eigenvalue weighted by Gasteiger charge is -2.30. The molecule has 0 unspecified atom stereocenters. The van der Waals surface area contributed by atoms with Crippen molar-refractivity contribution in [1.82, 2.24) is 10.2 Å². The Bertz CT molecular complexity index is 436. The molecule has 0 radical (unpaired) electrons. The van der Waals surface area contributed by atoms with Gasteiger partial charge in [-0.3, -0.25) is 9.59 Å². The van der Waals surface area contributed by atoms with Crippen molar-refractivity contribution in [2.75, 3.05) is 32.8 Å². The van der Waals surface area contributed by atoms with Crippen LogP contribution in [0.5, 0.6) is 0 Å². The van der Waals surface area contributed by atoms with Gasteiger partial charge >= 0.3 is 0 Å². The van der Waals surface area contributed by atoms with Gasteiger partial charge in [0.15, 0.2) is 0 Å². The molecule has 3 N–H and O–H groups in total. The van der Waals surface area contributed by atoms with E-state index in [4.69, 9.17) is 4.74 Å². The summed E-state index contributed by atoms with van der Waals surface area (Å²) in [6, 6.07) is 0. The summed E-state index contributed by atoms with van der Waals surface area (Å²) in [4.78, 5) is 25.1. The van der Waals surface area contributed by atoms with Gasteiger partial charge in [0, 0.05) is 20.0 Å². The molecule has 1 heterocycles. The van der Waals surface area contributed by atoms with Crippen LogP contribution in [0.25, 0.3) is 0 Å². The minimum absolute atomic E-state index is 0.0359. The molecule has 2 rings (SSSR count). The fourth-order valence-electron chi connectivity index (χ4n) is 3.37. The average molecular weight is 328 g/mol. The van der Waals surface area contributed by atoms with E-state index >= 15 is 0 Å². The van der Waals surface area contributed by atoms with E-state index in [2.05, 4.69) is 5.32 Å². The number of carbonyl (C=O) groups excluding carboxylic acids is 2. The number of amides is 2. The topological polar surface area (TPSA) is 99.1 Å². The third kappa shape index (κ3) is 5.44. The summed E-state index contributed by atoms with van der Waals surface area (Å²) in [5, 5.41) is 23.6. The molecule has 2 aliphatic rings. The van der Waals surface area contributed by atoms with E-state index in [1.54, 1.807) is 0 Å². The minimum Gasteiger partial charge on any atom is -0.390 e. The first-order chi connectivity index (χ1) is 10.8. The molecule has 1 aliphatic heterocycles. The summed E-state index contributed by atoms with van der Waals surface area (Å²) >= 11 is 0. The third-order valence-electron chi connectivity index (χ3n) is 4.74. The molecule has 0 bridgehead atoms. The average Bonchev–Trinajstić information content (AvgIpc) is 2.78. The SMILES string of the molecule is CC(=O)N1CCOC[C@](O)(CC(=O)NCCC2(O)CCCC2)C1. The lowest BCUT2D eigenvalue weighted by Crippen LogP contribution is -2.49. The number of hydrogen-bond donors (Lipinski definition) is 3. The smallest absolute Gasteiger partial charge is 0.223 e. The molecule has 7 nitrogen and oxygen atoms in total. The van der Waals surface area contributed by atoms with Crippen LogP contribution in [0.4, 0.5) is 0 Å². The maximum absolute atomic E-state index is 12.1. The highest BCUT2D eigenvalue weighted by Crippen LogP contribution is 2.31. The number of nitrogens with one attached hydrogen (secondary N) is 1. The van der Waals surface area contributed by atoms with Gasteiger partial charge in [-0.1, -0.05) is 12.8 Å². The Morgan fingerprint density at radius 2 is 1.91 bits per heavy atom. The molecule has 0 aromatic heterocycles. The Morgan fingerprint density at radius 1 is 1.22 bits per heavy atom. The molecule has 0 spiro atoms. The van der Waals surface area contributed by atoms with Gasteiger partial charge in [0.2, 0.25) is 11.8 Å². The minimum atomic E-state index is -1.36. The van der Waals surface area contributed by atoms with Crippen LogP contribution in [0.2, 0.25) is 0 Å². The molecule has 132 valence electrons. The molecule has 0 aromatic carbocycles.